The first kappa shape index (κ1) is 11.3. The Labute approximate surface area is 101 Å². The molecule has 0 aliphatic heterocycles. The van der Waals surface area contributed by atoms with Crippen LogP contribution in [0.4, 0.5) is 0 Å². The number of ether oxygens (including phenoxy) is 1. The van der Waals surface area contributed by atoms with Crippen LogP contribution in [0.2, 0.25) is 5.02 Å². The molecule has 0 fully saturated rings. The van der Waals surface area contributed by atoms with E-state index in [0.717, 1.165) is 0 Å². The van der Waals surface area contributed by atoms with Crippen LogP contribution in [-0.2, 0) is 4.74 Å². The van der Waals surface area contributed by atoms with E-state index in [0.29, 0.717) is 16.1 Å². The Kier molecular flexibility index (Phi) is 4.23. The van der Waals surface area contributed by atoms with Gasteiger partial charge in [-0.3, -0.25) is 0 Å². The molecule has 1 aromatic rings. The van der Waals surface area contributed by atoms with Crippen LogP contribution in [0.15, 0.2) is 18.2 Å². The average Bonchev–Trinajstić information content (AvgIpc) is 2.20. The fourth-order valence-corrected chi connectivity index (χ4v) is 1.42. The summed E-state index contributed by atoms with van der Waals surface area (Å²) >= 11 is 7.67. The fraction of sp³-hybridized carbons (Fsp3) is 0.100. The van der Waals surface area contributed by atoms with Crippen LogP contribution in [0.25, 0.3) is 0 Å². The standard InChI is InChI=1S/C10H6ClIO2/c1-14-10(13)9-6-8(11)3-2-7(9)4-5-12/h2-3,6H,1H3. The highest BCUT2D eigenvalue weighted by atomic mass is 127. The molecule has 0 saturated heterocycles. The molecule has 4 heteroatoms. The van der Waals surface area contributed by atoms with Crippen LogP contribution in [0.5, 0.6) is 0 Å². The Morgan fingerprint density at radius 1 is 1.57 bits per heavy atom. The number of esters is 1. The van der Waals surface area contributed by atoms with E-state index in [1.807, 2.05) is 22.6 Å². The van der Waals surface area contributed by atoms with Gasteiger partial charge >= 0.3 is 5.97 Å². The quantitative estimate of drug-likeness (QED) is 0.452. The Balaban J connectivity index is 3.27. The summed E-state index contributed by atoms with van der Waals surface area (Å²) in [5, 5.41) is 0.490. The van der Waals surface area contributed by atoms with Crippen LogP contribution >= 0.6 is 34.2 Å². The lowest BCUT2D eigenvalue weighted by atomic mass is 10.1. The molecule has 0 aliphatic carbocycles. The van der Waals surface area contributed by atoms with Crippen molar-refractivity contribution >= 4 is 40.2 Å². The van der Waals surface area contributed by atoms with Gasteiger partial charge in [0.15, 0.2) is 0 Å². The second-order valence-electron chi connectivity index (χ2n) is 2.40. The van der Waals surface area contributed by atoms with E-state index in [4.69, 9.17) is 11.6 Å². The summed E-state index contributed by atoms with van der Waals surface area (Å²) in [7, 11) is 1.32. The Morgan fingerprint density at radius 3 is 2.86 bits per heavy atom. The largest absolute Gasteiger partial charge is 0.465 e. The molecule has 0 atom stereocenters. The maximum atomic E-state index is 11.3. The van der Waals surface area contributed by atoms with Gasteiger partial charge in [0.2, 0.25) is 0 Å². The van der Waals surface area contributed by atoms with Crippen molar-refractivity contribution in [2.24, 2.45) is 0 Å². The van der Waals surface area contributed by atoms with Gasteiger partial charge in [0, 0.05) is 33.2 Å². The highest BCUT2D eigenvalue weighted by Crippen LogP contribution is 2.16. The molecule has 0 bridgehead atoms. The number of methoxy groups -OCH3 is 1. The molecular formula is C10H6ClIO2. The van der Waals surface area contributed by atoms with Gasteiger partial charge in [-0.1, -0.05) is 17.5 Å². The van der Waals surface area contributed by atoms with E-state index in [2.05, 4.69) is 14.6 Å². The minimum absolute atomic E-state index is 0.393. The highest BCUT2D eigenvalue weighted by molar-refractivity contribution is 14.1. The summed E-state index contributed by atoms with van der Waals surface area (Å²) in [4.78, 5) is 11.3. The molecule has 0 radical (unpaired) electrons. The summed E-state index contributed by atoms with van der Waals surface area (Å²) in [5.41, 5.74) is 1.01. The smallest absolute Gasteiger partial charge is 0.339 e. The van der Waals surface area contributed by atoms with Gasteiger partial charge in [-0.15, -0.1) is 0 Å². The zero-order chi connectivity index (χ0) is 10.6. The van der Waals surface area contributed by atoms with Crippen molar-refractivity contribution in [1.82, 2.24) is 0 Å². The minimum atomic E-state index is -0.429. The summed E-state index contributed by atoms with van der Waals surface area (Å²) in [5.74, 6) is 2.37. The lowest BCUT2D eigenvalue weighted by Crippen LogP contribution is -2.03. The number of rotatable bonds is 1. The van der Waals surface area contributed by atoms with Crippen LogP contribution in [0.3, 0.4) is 0 Å². The molecule has 0 amide bonds. The maximum absolute atomic E-state index is 11.3. The van der Waals surface area contributed by atoms with Crippen LogP contribution < -0.4 is 0 Å². The van der Waals surface area contributed by atoms with Gasteiger partial charge in [-0.2, -0.15) is 0 Å². The summed E-state index contributed by atoms with van der Waals surface area (Å²) in [6.45, 7) is 0. The van der Waals surface area contributed by atoms with Gasteiger partial charge in [0.1, 0.15) is 0 Å². The Bertz CT molecular complexity index is 418. The topological polar surface area (TPSA) is 26.3 Å². The lowest BCUT2D eigenvalue weighted by molar-refractivity contribution is 0.0600. The molecule has 0 aliphatic rings. The normalized spacial score (nSPS) is 8.79. The Hall–Kier alpha value is -0.730. The first-order valence-corrected chi connectivity index (χ1v) is 5.14. The van der Waals surface area contributed by atoms with Crippen molar-refractivity contribution in [2.75, 3.05) is 7.11 Å². The molecule has 0 heterocycles. The van der Waals surface area contributed by atoms with Gasteiger partial charge in [0.25, 0.3) is 0 Å². The van der Waals surface area contributed by atoms with Gasteiger partial charge in [-0.05, 0) is 22.1 Å². The molecule has 72 valence electrons. The van der Waals surface area contributed by atoms with Crippen molar-refractivity contribution in [2.45, 2.75) is 0 Å². The van der Waals surface area contributed by atoms with E-state index in [-0.39, 0.29) is 0 Å². The van der Waals surface area contributed by atoms with Crippen molar-refractivity contribution < 1.29 is 9.53 Å². The zero-order valence-electron chi connectivity index (χ0n) is 7.30. The molecule has 0 unspecified atom stereocenters. The minimum Gasteiger partial charge on any atom is -0.465 e. The van der Waals surface area contributed by atoms with Gasteiger partial charge in [-0.25, -0.2) is 4.79 Å². The fourth-order valence-electron chi connectivity index (χ4n) is 0.955. The monoisotopic (exact) mass is 320 g/mol. The summed E-state index contributed by atoms with van der Waals surface area (Å²) < 4.78 is 7.30. The highest BCUT2D eigenvalue weighted by Gasteiger charge is 2.10. The number of hydrogen-bond donors (Lipinski definition) is 0. The maximum Gasteiger partial charge on any atom is 0.339 e. The number of carbonyl (C=O) groups is 1. The van der Waals surface area contributed by atoms with E-state index in [1.165, 1.54) is 7.11 Å². The third-order valence-electron chi connectivity index (χ3n) is 1.57. The van der Waals surface area contributed by atoms with E-state index in [1.54, 1.807) is 18.2 Å². The molecule has 14 heavy (non-hydrogen) atoms. The summed E-state index contributed by atoms with van der Waals surface area (Å²) in [6.07, 6.45) is 0. The first-order valence-electron chi connectivity index (χ1n) is 3.68. The molecular weight excluding hydrogens is 314 g/mol. The van der Waals surface area contributed by atoms with Crippen LogP contribution in [0, 0.1) is 9.85 Å². The number of carbonyl (C=O) groups excluding carboxylic acids is 1. The summed E-state index contributed by atoms with van der Waals surface area (Å²) in [6, 6.07) is 4.92. The van der Waals surface area contributed by atoms with E-state index in [9.17, 15) is 4.79 Å². The van der Waals surface area contributed by atoms with Crippen LogP contribution in [0.1, 0.15) is 15.9 Å². The molecule has 2 nitrogen and oxygen atoms in total. The molecule has 1 rings (SSSR count). The van der Waals surface area contributed by atoms with E-state index >= 15 is 0 Å². The first-order chi connectivity index (χ1) is 6.69. The predicted molar refractivity (Wildman–Crippen MR) is 63.7 cm³/mol. The second kappa shape index (κ2) is 5.23. The number of benzene rings is 1. The SMILES string of the molecule is COC(=O)c1cc(Cl)ccc1C#CI. The molecule has 0 saturated carbocycles. The number of hydrogen-bond acceptors (Lipinski definition) is 2. The van der Waals surface area contributed by atoms with Crippen molar-refractivity contribution in [3.05, 3.63) is 34.3 Å². The van der Waals surface area contributed by atoms with Crippen molar-refractivity contribution in [3.63, 3.8) is 0 Å². The Morgan fingerprint density at radius 2 is 2.29 bits per heavy atom. The van der Waals surface area contributed by atoms with Gasteiger partial charge < -0.3 is 4.74 Å². The molecule has 0 spiro atoms. The van der Waals surface area contributed by atoms with Crippen molar-refractivity contribution in [3.8, 4) is 9.85 Å². The predicted octanol–water partition coefficient (Wildman–Crippen LogP) is 2.87. The molecule has 0 aromatic heterocycles. The van der Waals surface area contributed by atoms with Crippen LogP contribution in [-0.4, -0.2) is 13.1 Å². The third-order valence-corrected chi connectivity index (χ3v) is 2.07. The van der Waals surface area contributed by atoms with Gasteiger partial charge in [0.05, 0.1) is 12.7 Å². The lowest BCUT2D eigenvalue weighted by Gasteiger charge is -2.02. The number of halogens is 2. The van der Waals surface area contributed by atoms with Crippen molar-refractivity contribution in [1.29, 1.82) is 0 Å². The molecule has 0 N–H and O–H groups in total. The molecule has 1 aromatic carbocycles. The average molecular weight is 321 g/mol. The third kappa shape index (κ3) is 2.63. The van der Waals surface area contributed by atoms with E-state index < -0.39 is 5.97 Å². The second-order valence-corrected chi connectivity index (χ2v) is 3.38. The zero-order valence-corrected chi connectivity index (χ0v) is 10.2.